The first-order valence-corrected chi connectivity index (χ1v) is 10.1. The highest BCUT2D eigenvalue weighted by molar-refractivity contribution is 5.86. The smallest absolute Gasteiger partial charge is 0.315 e. The molecule has 1 aromatic carbocycles. The van der Waals surface area contributed by atoms with Gasteiger partial charge in [0.05, 0.1) is 0 Å². The van der Waals surface area contributed by atoms with Crippen LogP contribution in [-0.2, 0) is 11.2 Å². The van der Waals surface area contributed by atoms with E-state index < -0.39 is 6.04 Å². The zero-order valence-electron chi connectivity index (χ0n) is 16.8. The number of amides is 3. The molecule has 1 aliphatic heterocycles. The number of nitrogens with zero attached hydrogens (tertiary/aromatic N) is 1. The molecule has 1 aliphatic rings. The fourth-order valence-corrected chi connectivity index (χ4v) is 3.23. The summed E-state index contributed by atoms with van der Waals surface area (Å²) in [5, 5.41) is 8.51. The molecule has 2 rings (SSSR count). The number of rotatable bonds is 9. The molecule has 6 heteroatoms. The van der Waals surface area contributed by atoms with E-state index in [0.29, 0.717) is 12.5 Å². The molecule has 0 radical (unpaired) electrons. The third-order valence-corrected chi connectivity index (χ3v) is 5.22. The minimum Gasteiger partial charge on any atom is -0.352 e. The van der Waals surface area contributed by atoms with Crippen molar-refractivity contribution < 1.29 is 9.59 Å². The summed E-state index contributed by atoms with van der Waals surface area (Å²) in [6.45, 7) is 9.46. The number of nitrogens with one attached hydrogen (secondary N) is 3. The summed E-state index contributed by atoms with van der Waals surface area (Å²) in [6, 6.07) is 9.83. The van der Waals surface area contributed by atoms with Gasteiger partial charge in [0.1, 0.15) is 6.04 Å². The summed E-state index contributed by atoms with van der Waals surface area (Å²) in [7, 11) is 0. The van der Waals surface area contributed by atoms with Crippen LogP contribution in [0.15, 0.2) is 30.3 Å². The van der Waals surface area contributed by atoms with Crippen LogP contribution in [-0.4, -0.2) is 55.1 Å². The van der Waals surface area contributed by atoms with Gasteiger partial charge in [-0.1, -0.05) is 37.3 Å². The van der Waals surface area contributed by atoms with Crippen molar-refractivity contribution in [3.63, 3.8) is 0 Å². The van der Waals surface area contributed by atoms with Crippen LogP contribution in [0.1, 0.15) is 39.2 Å². The second-order valence-electron chi connectivity index (χ2n) is 7.58. The van der Waals surface area contributed by atoms with E-state index in [1.807, 2.05) is 19.9 Å². The van der Waals surface area contributed by atoms with Crippen LogP contribution >= 0.6 is 0 Å². The number of likely N-dealkylation sites (tertiary alicyclic amines) is 1. The Morgan fingerprint density at radius 1 is 1.19 bits per heavy atom. The molecule has 0 aliphatic carbocycles. The maximum Gasteiger partial charge on any atom is 0.315 e. The van der Waals surface area contributed by atoms with Crippen molar-refractivity contribution in [1.29, 1.82) is 0 Å². The monoisotopic (exact) mass is 374 g/mol. The van der Waals surface area contributed by atoms with Crippen molar-refractivity contribution >= 4 is 11.9 Å². The minimum absolute atomic E-state index is 0.116. The normalized spacial score (nSPS) is 19.3. The molecule has 3 unspecified atom stereocenters. The lowest BCUT2D eigenvalue weighted by Crippen LogP contribution is -2.50. The SMILES string of the molecule is CCC(C)NC(=O)C(C)NC(=O)NCC1CCN(CCc2ccccc2)C1. The van der Waals surface area contributed by atoms with Gasteiger partial charge in [-0.2, -0.15) is 0 Å². The first kappa shape index (κ1) is 21.2. The molecule has 6 nitrogen and oxygen atoms in total. The Morgan fingerprint density at radius 3 is 2.63 bits per heavy atom. The standard InChI is InChI=1S/C21H34N4O2/c1-4-16(2)23-20(26)17(3)24-21(27)22-14-19-11-13-25(15-19)12-10-18-8-6-5-7-9-18/h5-9,16-17,19H,4,10-15H2,1-3H3,(H,23,26)(H2,22,24,27). The van der Waals surface area contributed by atoms with E-state index in [0.717, 1.165) is 38.9 Å². The van der Waals surface area contributed by atoms with Gasteiger partial charge in [-0.3, -0.25) is 4.79 Å². The predicted octanol–water partition coefficient (Wildman–Crippen LogP) is 2.15. The number of hydrogen-bond donors (Lipinski definition) is 3. The summed E-state index contributed by atoms with van der Waals surface area (Å²) >= 11 is 0. The number of urea groups is 1. The highest BCUT2D eigenvalue weighted by atomic mass is 16.2. The van der Waals surface area contributed by atoms with Crippen LogP contribution in [0.5, 0.6) is 0 Å². The second kappa shape index (κ2) is 10.9. The third kappa shape index (κ3) is 7.59. The molecule has 3 atom stereocenters. The van der Waals surface area contributed by atoms with Crippen molar-refractivity contribution in [2.45, 2.75) is 52.1 Å². The molecule has 0 bridgehead atoms. The van der Waals surface area contributed by atoms with E-state index in [2.05, 4.69) is 45.1 Å². The molecule has 0 aromatic heterocycles. The van der Waals surface area contributed by atoms with Crippen molar-refractivity contribution in [3.8, 4) is 0 Å². The van der Waals surface area contributed by atoms with Crippen molar-refractivity contribution in [1.82, 2.24) is 20.9 Å². The molecule has 3 amide bonds. The number of benzene rings is 1. The van der Waals surface area contributed by atoms with Crippen LogP contribution in [0.3, 0.4) is 0 Å². The third-order valence-electron chi connectivity index (χ3n) is 5.22. The van der Waals surface area contributed by atoms with Gasteiger partial charge in [-0.05, 0) is 51.1 Å². The minimum atomic E-state index is -0.537. The fraction of sp³-hybridized carbons (Fsp3) is 0.619. The van der Waals surface area contributed by atoms with Gasteiger partial charge >= 0.3 is 6.03 Å². The van der Waals surface area contributed by atoms with Crippen LogP contribution in [0.25, 0.3) is 0 Å². The van der Waals surface area contributed by atoms with E-state index in [4.69, 9.17) is 0 Å². The van der Waals surface area contributed by atoms with Crippen molar-refractivity contribution in [2.75, 3.05) is 26.2 Å². The summed E-state index contributed by atoms with van der Waals surface area (Å²) in [5.74, 6) is 0.322. The summed E-state index contributed by atoms with van der Waals surface area (Å²) in [5.41, 5.74) is 1.36. The highest BCUT2D eigenvalue weighted by Crippen LogP contribution is 2.16. The van der Waals surface area contributed by atoms with Gasteiger partial charge < -0.3 is 20.9 Å². The van der Waals surface area contributed by atoms with Gasteiger partial charge in [0.2, 0.25) is 5.91 Å². The molecule has 1 saturated heterocycles. The summed E-state index contributed by atoms with van der Waals surface area (Å²) < 4.78 is 0. The van der Waals surface area contributed by atoms with Crippen LogP contribution in [0.4, 0.5) is 4.79 Å². The molecule has 0 saturated carbocycles. The lowest BCUT2D eigenvalue weighted by atomic mass is 10.1. The Labute approximate surface area is 163 Å². The lowest BCUT2D eigenvalue weighted by molar-refractivity contribution is -0.123. The average Bonchev–Trinajstić information content (AvgIpc) is 3.13. The predicted molar refractivity (Wildman–Crippen MR) is 109 cm³/mol. The summed E-state index contributed by atoms with van der Waals surface area (Å²) in [6.07, 6.45) is 3.02. The number of carbonyl (C=O) groups excluding carboxylic acids is 2. The Bertz CT molecular complexity index is 593. The molecule has 0 spiro atoms. The van der Waals surface area contributed by atoms with E-state index in [-0.39, 0.29) is 18.0 Å². The maximum atomic E-state index is 12.0. The van der Waals surface area contributed by atoms with Gasteiger partial charge in [0.25, 0.3) is 0 Å². The quantitative estimate of drug-likeness (QED) is 0.620. The maximum absolute atomic E-state index is 12.0. The molecule has 27 heavy (non-hydrogen) atoms. The molecular weight excluding hydrogens is 340 g/mol. The van der Waals surface area contributed by atoms with Gasteiger partial charge in [-0.15, -0.1) is 0 Å². The van der Waals surface area contributed by atoms with Crippen LogP contribution in [0.2, 0.25) is 0 Å². The zero-order valence-corrected chi connectivity index (χ0v) is 16.8. The average molecular weight is 375 g/mol. The number of carbonyl (C=O) groups is 2. The Hall–Kier alpha value is -2.08. The van der Waals surface area contributed by atoms with E-state index >= 15 is 0 Å². The summed E-state index contributed by atoms with van der Waals surface area (Å²) in [4.78, 5) is 26.5. The highest BCUT2D eigenvalue weighted by Gasteiger charge is 2.23. The van der Waals surface area contributed by atoms with Crippen LogP contribution in [0, 0.1) is 5.92 Å². The van der Waals surface area contributed by atoms with Crippen molar-refractivity contribution in [2.24, 2.45) is 5.92 Å². The zero-order chi connectivity index (χ0) is 19.6. The Morgan fingerprint density at radius 2 is 1.93 bits per heavy atom. The molecule has 1 aromatic rings. The van der Waals surface area contributed by atoms with Gasteiger partial charge in [0, 0.05) is 25.7 Å². The molecular formula is C21H34N4O2. The van der Waals surface area contributed by atoms with E-state index in [1.165, 1.54) is 5.56 Å². The molecule has 1 fully saturated rings. The van der Waals surface area contributed by atoms with E-state index in [1.54, 1.807) is 6.92 Å². The second-order valence-corrected chi connectivity index (χ2v) is 7.58. The topological polar surface area (TPSA) is 73.5 Å². The first-order valence-electron chi connectivity index (χ1n) is 10.1. The number of hydrogen-bond acceptors (Lipinski definition) is 3. The Kier molecular flexibility index (Phi) is 8.58. The van der Waals surface area contributed by atoms with Crippen molar-refractivity contribution in [3.05, 3.63) is 35.9 Å². The Balaban J connectivity index is 1.62. The van der Waals surface area contributed by atoms with Gasteiger partial charge in [-0.25, -0.2) is 4.79 Å². The molecule has 1 heterocycles. The van der Waals surface area contributed by atoms with Gasteiger partial charge in [0.15, 0.2) is 0 Å². The lowest BCUT2D eigenvalue weighted by Gasteiger charge is -2.19. The fourth-order valence-electron chi connectivity index (χ4n) is 3.23. The molecule has 150 valence electrons. The molecule has 3 N–H and O–H groups in total. The first-order chi connectivity index (χ1) is 13.0. The van der Waals surface area contributed by atoms with Crippen LogP contribution < -0.4 is 16.0 Å². The largest absolute Gasteiger partial charge is 0.352 e. The van der Waals surface area contributed by atoms with E-state index in [9.17, 15) is 9.59 Å².